The van der Waals surface area contributed by atoms with E-state index in [9.17, 15) is 4.79 Å². The Morgan fingerprint density at radius 3 is 2.92 bits per heavy atom. The molecule has 0 aromatic rings. The summed E-state index contributed by atoms with van der Waals surface area (Å²) >= 11 is 0. The second-order valence-electron chi connectivity index (χ2n) is 3.71. The van der Waals surface area contributed by atoms with Crippen molar-refractivity contribution in [1.82, 2.24) is 0 Å². The zero-order valence-corrected chi connectivity index (χ0v) is 7.79. The second-order valence-corrected chi connectivity index (χ2v) is 3.71. The van der Waals surface area contributed by atoms with Gasteiger partial charge in [-0.2, -0.15) is 0 Å². The van der Waals surface area contributed by atoms with Crippen LogP contribution in [0.25, 0.3) is 0 Å². The van der Waals surface area contributed by atoms with Crippen LogP contribution >= 0.6 is 0 Å². The summed E-state index contributed by atoms with van der Waals surface area (Å²) in [6.07, 6.45) is 3.04. The van der Waals surface area contributed by atoms with Gasteiger partial charge in [0.1, 0.15) is 0 Å². The Morgan fingerprint density at radius 2 is 2.38 bits per heavy atom. The van der Waals surface area contributed by atoms with Gasteiger partial charge in [-0.05, 0) is 12.0 Å². The molecule has 1 saturated heterocycles. The normalized spacial score (nSPS) is 34.2. The fourth-order valence-corrected chi connectivity index (χ4v) is 1.94. The first-order chi connectivity index (χ1) is 6.29. The lowest BCUT2D eigenvalue weighted by molar-refractivity contribution is -0.140. The maximum absolute atomic E-state index is 11.4. The summed E-state index contributed by atoms with van der Waals surface area (Å²) < 4.78 is 10.3. The molecule has 2 atom stereocenters. The van der Waals surface area contributed by atoms with Crippen LogP contribution in [0.4, 0.5) is 0 Å². The SMILES string of the molecule is C[C@@H]1COC(=O)[C@H]1C1=CCCOC1. The van der Waals surface area contributed by atoms with Crippen molar-refractivity contribution in [2.24, 2.45) is 11.8 Å². The monoisotopic (exact) mass is 182 g/mol. The van der Waals surface area contributed by atoms with Crippen molar-refractivity contribution < 1.29 is 14.3 Å². The Kier molecular flexibility index (Phi) is 2.36. The number of carbonyl (C=O) groups is 1. The lowest BCUT2D eigenvalue weighted by Crippen LogP contribution is -2.22. The Hall–Kier alpha value is -0.830. The molecule has 2 aliphatic rings. The minimum absolute atomic E-state index is 0.0414. The molecule has 0 saturated carbocycles. The molecule has 0 aliphatic carbocycles. The molecule has 3 nitrogen and oxygen atoms in total. The fourth-order valence-electron chi connectivity index (χ4n) is 1.94. The number of ether oxygens (including phenoxy) is 2. The second kappa shape index (κ2) is 3.50. The van der Waals surface area contributed by atoms with Crippen molar-refractivity contribution >= 4 is 5.97 Å². The van der Waals surface area contributed by atoms with Crippen molar-refractivity contribution in [3.63, 3.8) is 0 Å². The molecule has 13 heavy (non-hydrogen) atoms. The summed E-state index contributed by atoms with van der Waals surface area (Å²) in [5.74, 6) is 0.185. The van der Waals surface area contributed by atoms with Crippen molar-refractivity contribution in [2.75, 3.05) is 19.8 Å². The van der Waals surface area contributed by atoms with Crippen LogP contribution in [0.3, 0.4) is 0 Å². The molecule has 2 rings (SSSR count). The van der Waals surface area contributed by atoms with Crippen molar-refractivity contribution in [3.8, 4) is 0 Å². The predicted octanol–water partition coefficient (Wildman–Crippen LogP) is 1.14. The van der Waals surface area contributed by atoms with E-state index < -0.39 is 0 Å². The molecule has 0 amide bonds. The first kappa shape index (κ1) is 8.75. The van der Waals surface area contributed by atoms with E-state index in [1.54, 1.807) is 0 Å². The summed E-state index contributed by atoms with van der Waals surface area (Å²) in [5.41, 5.74) is 1.11. The van der Waals surface area contributed by atoms with Gasteiger partial charge in [0, 0.05) is 5.92 Å². The van der Waals surface area contributed by atoms with Gasteiger partial charge in [-0.25, -0.2) is 0 Å². The van der Waals surface area contributed by atoms with E-state index in [2.05, 4.69) is 6.08 Å². The molecular formula is C10H14O3. The molecule has 0 N–H and O–H groups in total. The van der Waals surface area contributed by atoms with Gasteiger partial charge in [-0.3, -0.25) is 4.79 Å². The average molecular weight is 182 g/mol. The van der Waals surface area contributed by atoms with Crippen LogP contribution in [0.5, 0.6) is 0 Å². The van der Waals surface area contributed by atoms with E-state index >= 15 is 0 Å². The summed E-state index contributed by atoms with van der Waals surface area (Å²) in [6.45, 7) is 3.98. The molecular weight excluding hydrogens is 168 g/mol. The molecule has 72 valence electrons. The van der Waals surface area contributed by atoms with Crippen LogP contribution in [-0.2, 0) is 14.3 Å². The Bertz CT molecular complexity index is 245. The van der Waals surface area contributed by atoms with Gasteiger partial charge in [0.25, 0.3) is 0 Å². The van der Waals surface area contributed by atoms with E-state index in [-0.39, 0.29) is 11.9 Å². The highest BCUT2D eigenvalue weighted by Gasteiger charge is 2.36. The number of hydrogen-bond donors (Lipinski definition) is 0. The number of esters is 1. The van der Waals surface area contributed by atoms with Gasteiger partial charge in [0.15, 0.2) is 0 Å². The van der Waals surface area contributed by atoms with Gasteiger partial charge >= 0.3 is 5.97 Å². The Morgan fingerprint density at radius 1 is 1.54 bits per heavy atom. The number of cyclic esters (lactones) is 1. The summed E-state index contributed by atoms with van der Waals surface area (Å²) in [6, 6.07) is 0. The summed E-state index contributed by atoms with van der Waals surface area (Å²) in [4.78, 5) is 11.4. The van der Waals surface area contributed by atoms with E-state index in [0.29, 0.717) is 19.1 Å². The highest BCUT2D eigenvalue weighted by atomic mass is 16.5. The van der Waals surface area contributed by atoms with E-state index in [4.69, 9.17) is 9.47 Å². The molecule has 1 fully saturated rings. The molecule has 0 radical (unpaired) electrons. The molecule has 3 heteroatoms. The first-order valence-electron chi connectivity index (χ1n) is 4.72. The number of rotatable bonds is 1. The van der Waals surface area contributed by atoms with Gasteiger partial charge in [0.05, 0.1) is 25.7 Å². The Balaban J connectivity index is 2.13. The average Bonchev–Trinajstić information content (AvgIpc) is 2.48. The van der Waals surface area contributed by atoms with Crippen LogP contribution in [0, 0.1) is 11.8 Å². The Labute approximate surface area is 77.7 Å². The zero-order chi connectivity index (χ0) is 9.26. The highest BCUT2D eigenvalue weighted by Crippen LogP contribution is 2.30. The third-order valence-electron chi connectivity index (χ3n) is 2.65. The topological polar surface area (TPSA) is 35.5 Å². The third kappa shape index (κ3) is 1.61. The molecule has 0 aromatic carbocycles. The number of carbonyl (C=O) groups excluding carboxylic acids is 1. The molecule has 0 aromatic heterocycles. The zero-order valence-electron chi connectivity index (χ0n) is 7.79. The summed E-state index contributed by atoms with van der Waals surface area (Å²) in [5, 5.41) is 0. The van der Waals surface area contributed by atoms with Crippen molar-refractivity contribution in [3.05, 3.63) is 11.6 Å². The highest BCUT2D eigenvalue weighted by molar-refractivity contribution is 5.78. The van der Waals surface area contributed by atoms with Crippen LogP contribution in [0.2, 0.25) is 0 Å². The molecule has 0 bridgehead atoms. The minimum atomic E-state index is -0.0794. The molecule has 0 spiro atoms. The van der Waals surface area contributed by atoms with E-state index in [1.807, 2.05) is 6.92 Å². The number of hydrogen-bond acceptors (Lipinski definition) is 3. The van der Waals surface area contributed by atoms with Gasteiger partial charge in [0.2, 0.25) is 0 Å². The van der Waals surface area contributed by atoms with Gasteiger partial charge in [-0.15, -0.1) is 0 Å². The first-order valence-corrected chi connectivity index (χ1v) is 4.72. The van der Waals surface area contributed by atoms with Crippen molar-refractivity contribution in [1.29, 1.82) is 0 Å². The summed E-state index contributed by atoms with van der Waals surface area (Å²) in [7, 11) is 0. The standard InChI is InChI=1S/C10H14O3/c1-7-5-13-10(11)9(7)8-3-2-4-12-6-8/h3,7,9H,2,4-6H2,1H3/t7-,9-/m1/s1. The fraction of sp³-hybridized carbons (Fsp3) is 0.700. The lowest BCUT2D eigenvalue weighted by Gasteiger charge is -2.19. The quantitative estimate of drug-likeness (QED) is 0.450. The van der Waals surface area contributed by atoms with Crippen LogP contribution in [0.15, 0.2) is 11.6 Å². The van der Waals surface area contributed by atoms with Gasteiger partial charge < -0.3 is 9.47 Å². The smallest absolute Gasteiger partial charge is 0.313 e. The largest absolute Gasteiger partial charge is 0.465 e. The predicted molar refractivity (Wildman–Crippen MR) is 47.1 cm³/mol. The molecule has 2 heterocycles. The van der Waals surface area contributed by atoms with Crippen molar-refractivity contribution in [2.45, 2.75) is 13.3 Å². The van der Waals surface area contributed by atoms with Crippen LogP contribution in [0.1, 0.15) is 13.3 Å². The van der Waals surface area contributed by atoms with Crippen LogP contribution < -0.4 is 0 Å². The van der Waals surface area contributed by atoms with E-state index in [0.717, 1.165) is 18.6 Å². The molecule has 2 aliphatic heterocycles. The maximum atomic E-state index is 11.4. The third-order valence-corrected chi connectivity index (χ3v) is 2.65. The lowest BCUT2D eigenvalue weighted by atomic mass is 9.88. The van der Waals surface area contributed by atoms with Gasteiger partial charge in [-0.1, -0.05) is 13.0 Å². The van der Waals surface area contributed by atoms with Crippen LogP contribution in [-0.4, -0.2) is 25.8 Å². The molecule has 0 unspecified atom stereocenters. The van der Waals surface area contributed by atoms with E-state index in [1.165, 1.54) is 0 Å². The maximum Gasteiger partial charge on any atom is 0.313 e. The minimum Gasteiger partial charge on any atom is -0.465 e.